The molecule has 0 heterocycles. The number of nitrogens with one attached hydrogen (secondary N) is 1. The summed E-state index contributed by atoms with van der Waals surface area (Å²) in [6.07, 6.45) is -0.775. The van der Waals surface area contributed by atoms with Crippen molar-refractivity contribution >= 4 is 5.91 Å². The van der Waals surface area contributed by atoms with Crippen molar-refractivity contribution in [1.82, 2.24) is 5.32 Å². The summed E-state index contributed by atoms with van der Waals surface area (Å²) in [5.41, 5.74) is 1.58. The van der Waals surface area contributed by atoms with Gasteiger partial charge in [0.05, 0.1) is 6.61 Å². The minimum absolute atomic E-state index is 0.231. The molecule has 0 bridgehead atoms. The van der Waals surface area contributed by atoms with Gasteiger partial charge in [-0.1, -0.05) is 48.5 Å². The molecule has 20 heavy (non-hydrogen) atoms. The topological polar surface area (TPSA) is 47.6 Å². The molecular formula is C16H17NO3. The minimum Gasteiger partial charge on any atom is -0.339 e. The Morgan fingerprint density at radius 3 is 2.25 bits per heavy atom. The van der Waals surface area contributed by atoms with Crippen LogP contribution in [-0.2, 0) is 16.1 Å². The highest BCUT2D eigenvalue weighted by atomic mass is 16.7. The Morgan fingerprint density at radius 1 is 1.05 bits per heavy atom. The molecule has 0 saturated carbocycles. The Balaban J connectivity index is 1.88. The molecule has 1 unspecified atom stereocenters. The lowest BCUT2D eigenvalue weighted by Gasteiger charge is -2.17. The molecule has 0 spiro atoms. The van der Waals surface area contributed by atoms with Crippen molar-refractivity contribution in [2.75, 3.05) is 7.11 Å². The van der Waals surface area contributed by atoms with Crippen LogP contribution < -0.4 is 5.32 Å². The van der Waals surface area contributed by atoms with Crippen LogP contribution in [0, 0.1) is 0 Å². The van der Waals surface area contributed by atoms with Crippen LogP contribution in [0.1, 0.15) is 15.9 Å². The first kappa shape index (κ1) is 14.2. The average molecular weight is 271 g/mol. The summed E-state index contributed by atoms with van der Waals surface area (Å²) in [6.45, 7) is 0.369. The number of ether oxygens (including phenoxy) is 2. The standard InChI is InChI=1S/C16H17NO3/c1-19-16(20-12-13-8-4-2-5-9-13)17-15(18)14-10-6-3-7-11-14/h2-11,16H,12H2,1H3,(H,17,18). The molecule has 2 aromatic rings. The third kappa shape index (κ3) is 4.19. The van der Waals surface area contributed by atoms with Gasteiger partial charge in [-0.05, 0) is 17.7 Å². The lowest BCUT2D eigenvalue weighted by Crippen LogP contribution is -2.38. The Labute approximate surface area is 118 Å². The van der Waals surface area contributed by atoms with Gasteiger partial charge in [0.2, 0.25) is 6.41 Å². The summed E-state index contributed by atoms with van der Waals surface area (Å²) in [5.74, 6) is -0.231. The highest BCUT2D eigenvalue weighted by Gasteiger charge is 2.13. The maximum Gasteiger partial charge on any atom is 0.255 e. The molecule has 2 rings (SSSR count). The third-order valence-corrected chi connectivity index (χ3v) is 2.74. The Morgan fingerprint density at radius 2 is 1.65 bits per heavy atom. The van der Waals surface area contributed by atoms with Crippen LogP contribution in [0.4, 0.5) is 0 Å². The smallest absolute Gasteiger partial charge is 0.255 e. The fourth-order valence-electron chi connectivity index (χ4n) is 1.69. The number of methoxy groups -OCH3 is 1. The molecule has 4 heteroatoms. The second-order valence-electron chi connectivity index (χ2n) is 4.20. The maximum atomic E-state index is 12.0. The largest absolute Gasteiger partial charge is 0.339 e. The highest BCUT2D eigenvalue weighted by Crippen LogP contribution is 2.04. The van der Waals surface area contributed by atoms with Crippen LogP contribution >= 0.6 is 0 Å². The van der Waals surface area contributed by atoms with Crippen LogP contribution in [0.25, 0.3) is 0 Å². The molecule has 0 fully saturated rings. The Kier molecular flexibility index (Phi) is 5.29. The first-order valence-electron chi connectivity index (χ1n) is 6.34. The number of benzene rings is 2. The molecule has 0 aliphatic carbocycles. The molecule has 2 aromatic carbocycles. The monoisotopic (exact) mass is 271 g/mol. The number of hydrogen-bond acceptors (Lipinski definition) is 3. The fraction of sp³-hybridized carbons (Fsp3) is 0.188. The number of amides is 1. The van der Waals surface area contributed by atoms with Gasteiger partial charge in [0.15, 0.2) is 0 Å². The van der Waals surface area contributed by atoms with Gasteiger partial charge < -0.3 is 14.8 Å². The molecule has 1 amide bonds. The number of carbonyl (C=O) groups is 1. The van der Waals surface area contributed by atoms with Gasteiger partial charge in [-0.3, -0.25) is 4.79 Å². The summed E-state index contributed by atoms with van der Waals surface area (Å²) < 4.78 is 10.6. The van der Waals surface area contributed by atoms with Gasteiger partial charge in [0.1, 0.15) is 0 Å². The van der Waals surface area contributed by atoms with E-state index in [1.165, 1.54) is 7.11 Å². The molecule has 104 valence electrons. The van der Waals surface area contributed by atoms with E-state index in [0.29, 0.717) is 12.2 Å². The minimum atomic E-state index is -0.775. The predicted molar refractivity (Wildman–Crippen MR) is 75.9 cm³/mol. The second-order valence-corrected chi connectivity index (χ2v) is 4.20. The van der Waals surface area contributed by atoms with Crippen molar-refractivity contribution in [2.24, 2.45) is 0 Å². The first-order chi connectivity index (χ1) is 9.79. The van der Waals surface area contributed by atoms with Gasteiger partial charge in [-0.2, -0.15) is 0 Å². The molecule has 1 atom stereocenters. The summed E-state index contributed by atoms with van der Waals surface area (Å²) in [5, 5.41) is 2.67. The van der Waals surface area contributed by atoms with E-state index < -0.39 is 6.41 Å². The van der Waals surface area contributed by atoms with Crippen molar-refractivity contribution in [3.8, 4) is 0 Å². The van der Waals surface area contributed by atoms with E-state index in [0.717, 1.165) is 5.56 Å². The van der Waals surface area contributed by atoms with E-state index in [9.17, 15) is 4.79 Å². The van der Waals surface area contributed by atoms with Crippen molar-refractivity contribution in [2.45, 2.75) is 13.0 Å². The van der Waals surface area contributed by atoms with E-state index in [-0.39, 0.29) is 5.91 Å². The summed E-state index contributed by atoms with van der Waals surface area (Å²) >= 11 is 0. The lowest BCUT2D eigenvalue weighted by molar-refractivity contribution is -0.143. The van der Waals surface area contributed by atoms with E-state index in [1.807, 2.05) is 48.5 Å². The van der Waals surface area contributed by atoms with E-state index in [1.54, 1.807) is 12.1 Å². The van der Waals surface area contributed by atoms with Gasteiger partial charge >= 0.3 is 0 Å². The van der Waals surface area contributed by atoms with E-state index in [4.69, 9.17) is 9.47 Å². The normalized spacial score (nSPS) is 11.8. The molecule has 0 saturated heterocycles. The second kappa shape index (κ2) is 7.43. The zero-order valence-corrected chi connectivity index (χ0v) is 11.3. The van der Waals surface area contributed by atoms with Gasteiger partial charge in [-0.25, -0.2) is 0 Å². The maximum absolute atomic E-state index is 12.0. The third-order valence-electron chi connectivity index (χ3n) is 2.74. The average Bonchev–Trinajstić information content (AvgIpc) is 2.53. The lowest BCUT2D eigenvalue weighted by atomic mass is 10.2. The molecule has 0 aliphatic heterocycles. The van der Waals surface area contributed by atoms with Gasteiger partial charge in [0.25, 0.3) is 5.91 Å². The zero-order chi connectivity index (χ0) is 14.2. The first-order valence-corrected chi connectivity index (χ1v) is 6.34. The summed E-state index contributed by atoms with van der Waals surface area (Å²) in [6, 6.07) is 18.6. The van der Waals surface area contributed by atoms with E-state index >= 15 is 0 Å². The van der Waals surface area contributed by atoms with Crippen LogP contribution in [0.2, 0.25) is 0 Å². The van der Waals surface area contributed by atoms with Crippen LogP contribution in [0.15, 0.2) is 60.7 Å². The highest BCUT2D eigenvalue weighted by molar-refractivity contribution is 5.94. The molecule has 4 nitrogen and oxygen atoms in total. The summed E-state index contributed by atoms with van der Waals surface area (Å²) in [4.78, 5) is 12.0. The summed E-state index contributed by atoms with van der Waals surface area (Å²) in [7, 11) is 1.49. The quantitative estimate of drug-likeness (QED) is 0.821. The number of hydrogen-bond donors (Lipinski definition) is 1. The molecular weight excluding hydrogens is 254 g/mol. The zero-order valence-electron chi connectivity index (χ0n) is 11.3. The van der Waals surface area contributed by atoms with Crippen molar-refractivity contribution in [1.29, 1.82) is 0 Å². The van der Waals surface area contributed by atoms with Crippen molar-refractivity contribution < 1.29 is 14.3 Å². The Hall–Kier alpha value is -2.17. The predicted octanol–water partition coefficient (Wildman–Crippen LogP) is 2.56. The van der Waals surface area contributed by atoms with Gasteiger partial charge in [-0.15, -0.1) is 0 Å². The van der Waals surface area contributed by atoms with Crippen molar-refractivity contribution in [3.63, 3.8) is 0 Å². The Bertz CT molecular complexity index is 528. The van der Waals surface area contributed by atoms with Crippen LogP contribution in [-0.4, -0.2) is 19.4 Å². The molecule has 0 radical (unpaired) electrons. The molecule has 0 aliphatic rings. The number of carbonyl (C=O) groups excluding carboxylic acids is 1. The number of rotatable bonds is 6. The fourth-order valence-corrected chi connectivity index (χ4v) is 1.69. The molecule has 0 aromatic heterocycles. The van der Waals surface area contributed by atoms with Crippen LogP contribution in [0.3, 0.4) is 0 Å². The van der Waals surface area contributed by atoms with Crippen molar-refractivity contribution in [3.05, 3.63) is 71.8 Å². The SMILES string of the molecule is COC(NC(=O)c1ccccc1)OCc1ccccc1. The van der Waals surface area contributed by atoms with E-state index in [2.05, 4.69) is 5.32 Å². The molecule has 1 N–H and O–H groups in total. The van der Waals surface area contributed by atoms with Gasteiger partial charge in [0, 0.05) is 12.7 Å². The van der Waals surface area contributed by atoms with Crippen LogP contribution in [0.5, 0.6) is 0 Å².